The molecule has 1 aliphatic rings. The second-order valence-corrected chi connectivity index (χ2v) is 10.6. The first kappa shape index (κ1) is 24.6. The molecule has 0 bridgehead atoms. The van der Waals surface area contributed by atoms with E-state index in [1.54, 1.807) is 0 Å². The number of hydrogen-bond donors (Lipinski definition) is 2. The minimum absolute atomic E-state index is 0.124. The van der Waals surface area contributed by atoms with Crippen LogP contribution in [-0.4, -0.2) is 43.7 Å². The molecule has 4 rings (SSSR count). The van der Waals surface area contributed by atoms with Gasteiger partial charge in [-0.1, -0.05) is 55.5 Å². The summed E-state index contributed by atoms with van der Waals surface area (Å²) in [7, 11) is -3.76. The van der Waals surface area contributed by atoms with Gasteiger partial charge in [0.1, 0.15) is 0 Å². The molecule has 1 unspecified atom stereocenters. The number of sulfonamides is 1. The van der Waals surface area contributed by atoms with E-state index in [9.17, 15) is 18.0 Å². The number of fused-ring (bicyclic) bond motifs is 1. The van der Waals surface area contributed by atoms with Gasteiger partial charge in [-0.25, -0.2) is 8.42 Å². The zero-order valence-corrected chi connectivity index (χ0v) is 20.3. The highest BCUT2D eigenvalue weighted by atomic mass is 32.2. The Hall–Kier alpha value is -3.49. The van der Waals surface area contributed by atoms with Gasteiger partial charge in [-0.3, -0.25) is 9.59 Å². The molecule has 3 aromatic rings. The van der Waals surface area contributed by atoms with Crippen molar-refractivity contribution in [3.05, 3.63) is 90.5 Å². The van der Waals surface area contributed by atoms with Gasteiger partial charge in [0.15, 0.2) is 0 Å². The number of carbonyl (C=O) groups excluding carboxylic acids is 2. The van der Waals surface area contributed by atoms with Gasteiger partial charge in [0.2, 0.25) is 15.9 Å². The number of rotatable bonds is 7. The van der Waals surface area contributed by atoms with Gasteiger partial charge in [-0.05, 0) is 59.5 Å². The average Bonchev–Trinajstić information content (AvgIpc) is 3.13. The molecule has 3 aromatic carbocycles. The second kappa shape index (κ2) is 10.8. The van der Waals surface area contributed by atoms with Crippen LogP contribution < -0.4 is 10.6 Å². The molecule has 0 aliphatic carbocycles. The standard InChI is InChI=1S/C27H29N3O4S/c1-2-26(31)29-23-11-5-6-17-30(19-23)35(33,34)24-15-13-21(14-16-24)27(32)28-18-22-10-7-9-20-8-3-4-12-25(20)22/h2-4,7-10,12-16,23H,1,5-6,11,17-19H2,(H,28,32)(H,29,31). The third-order valence-corrected chi connectivity index (χ3v) is 8.12. The quantitative estimate of drug-likeness (QED) is 0.494. The molecule has 2 amide bonds. The van der Waals surface area contributed by atoms with E-state index < -0.39 is 10.0 Å². The maximum Gasteiger partial charge on any atom is 0.251 e. The lowest BCUT2D eigenvalue weighted by molar-refractivity contribution is -0.117. The summed E-state index contributed by atoms with van der Waals surface area (Å²) in [4.78, 5) is 24.5. The molecule has 182 valence electrons. The molecule has 0 spiro atoms. The fraction of sp³-hybridized carbons (Fsp3) is 0.259. The Balaban J connectivity index is 1.43. The summed E-state index contributed by atoms with van der Waals surface area (Å²) in [5.41, 5.74) is 1.39. The van der Waals surface area contributed by atoms with Crippen LogP contribution in [0.15, 0.2) is 84.3 Å². The third-order valence-electron chi connectivity index (χ3n) is 6.24. The van der Waals surface area contributed by atoms with E-state index in [0.29, 0.717) is 31.5 Å². The third kappa shape index (κ3) is 5.78. The highest BCUT2D eigenvalue weighted by Gasteiger charge is 2.29. The second-order valence-electron chi connectivity index (χ2n) is 8.61. The minimum Gasteiger partial charge on any atom is -0.349 e. The lowest BCUT2D eigenvalue weighted by atomic mass is 10.0. The molecule has 1 saturated heterocycles. The van der Waals surface area contributed by atoms with Crippen molar-refractivity contribution in [1.82, 2.24) is 14.9 Å². The Labute approximate surface area is 205 Å². The van der Waals surface area contributed by atoms with Gasteiger partial charge in [0.25, 0.3) is 5.91 Å². The molecule has 0 radical (unpaired) electrons. The average molecular weight is 492 g/mol. The Morgan fingerprint density at radius 1 is 1.00 bits per heavy atom. The molecule has 2 N–H and O–H groups in total. The maximum atomic E-state index is 13.2. The highest BCUT2D eigenvalue weighted by Crippen LogP contribution is 2.22. The van der Waals surface area contributed by atoms with Crippen LogP contribution in [0.2, 0.25) is 0 Å². The van der Waals surface area contributed by atoms with Crippen LogP contribution in [0.5, 0.6) is 0 Å². The van der Waals surface area contributed by atoms with Gasteiger partial charge >= 0.3 is 0 Å². The molecule has 1 aliphatic heterocycles. The van der Waals surface area contributed by atoms with Crippen molar-refractivity contribution in [3.63, 3.8) is 0 Å². The minimum atomic E-state index is -3.76. The van der Waals surface area contributed by atoms with Crippen molar-refractivity contribution >= 4 is 32.6 Å². The van der Waals surface area contributed by atoms with Gasteiger partial charge in [-0.15, -0.1) is 0 Å². The van der Waals surface area contributed by atoms with Gasteiger partial charge in [-0.2, -0.15) is 4.31 Å². The summed E-state index contributed by atoms with van der Waals surface area (Å²) in [6, 6.07) is 19.7. The van der Waals surface area contributed by atoms with Crippen molar-refractivity contribution in [3.8, 4) is 0 Å². The summed E-state index contributed by atoms with van der Waals surface area (Å²) in [5.74, 6) is -0.586. The SMILES string of the molecule is C=CC(=O)NC1CCCCN(S(=O)(=O)c2ccc(C(=O)NCc3cccc4ccccc34)cc2)C1. The van der Waals surface area contributed by atoms with E-state index in [1.165, 1.54) is 34.6 Å². The van der Waals surface area contributed by atoms with E-state index in [2.05, 4.69) is 17.2 Å². The predicted octanol–water partition coefficient (Wildman–Crippen LogP) is 3.62. The monoisotopic (exact) mass is 491 g/mol. The summed E-state index contributed by atoms with van der Waals surface area (Å²) >= 11 is 0. The van der Waals surface area contributed by atoms with Crippen molar-refractivity contribution in [2.24, 2.45) is 0 Å². The first-order chi connectivity index (χ1) is 16.9. The number of amides is 2. The lowest BCUT2D eigenvalue weighted by Crippen LogP contribution is -2.44. The van der Waals surface area contributed by atoms with E-state index in [-0.39, 0.29) is 29.3 Å². The van der Waals surface area contributed by atoms with Crippen molar-refractivity contribution in [2.45, 2.75) is 36.7 Å². The fourth-order valence-electron chi connectivity index (χ4n) is 4.36. The number of carbonyl (C=O) groups is 2. The van der Waals surface area contributed by atoms with Crippen LogP contribution in [0.4, 0.5) is 0 Å². The molecule has 35 heavy (non-hydrogen) atoms. The zero-order valence-electron chi connectivity index (χ0n) is 19.4. The Bertz CT molecular complexity index is 1330. The van der Waals surface area contributed by atoms with Crippen LogP contribution in [-0.2, 0) is 21.4 Å². The number of nitrogens with one attached hydrogen (secondary N) is 2. The molecular weight excluding hydrogens is 462 g/mol. The molecule has 1 fully saturated rings. The lowest BCUT2D eigenvalue weighted by Gasteiger charge is -2.24. The first-order valence-electron chi connectivity index (χ1n) is 11.7. The van der Waals surface area contributed by atoms with Gasteiger partial charge in [0, 0.05) is 31.2 Å². The van der Waals surface area contributed by atoms with Gasteiger partial charge < -0.3 is 10.6 Å². The van der Waals surface area contributed by atoms with Crippen LogP contribution in [0, 0.1) is 0 Å². The largest absolute Gasteiger partial charge is 0.349 e. The normalized spacial score (nSPS) is 16.9. The highest BCUT2D eigenvalue weighted by molar-refractivity contribution is 7.89. The van der Waals surface area contributed by atoms with E-state index >= 15 is 0 Å². The van der Waals surface area contributed by atoms with E-state index in [1.807, 2.05) is 42.5 Å². The van der Waals surface area contributed by atoms with Crippen LogP contribution >= 0.6 is 0 Å². The Morgan fingerprint density at radius 3 is 2.51 bits per heavy atom. The molecule has 0 aromatic heterocycles. The zero-order chi connectivity index (χ0) is 24.8. The van der Waals surface area contributed by atoms with Gasteiger partial charge in [0.05, 0.1) is 4.90 Å². The molecular formula is C27H29N3O4S. The van der Waals surface area contributed by atoms with Crippen LogP contribution in [0.25, 0.3) is 10.8 Å². The molecule has 8 heteroatoms. The predicted molar refractivity (Wildman–Crippen MR) is 136 cm³/mol. The molecule has 7 nitrogen and oxygen atoms in total. The first-order valence-corrected chi connectivity index (χ1v) is 13.1. The molecule has 1 heterocycles. The van der Waals surface area contributed by atoms with Crippen molar-refractivity contribution in [1.29, 1.82) is 0 Å². The molecule has 1 atom stereocenters. The van der Waals surface area contributed by atoms with Crippen LogP contribution in [0.1, 0.15) is 35.2 Å². The summed E-state index contributed by atoms with van der Waals surface area (Å²) in [5, 5.41) is 7.91. The smallest absolute Gasteiger partial charge is 0.251 e. The Kier molecular flexibility index (Phi) is 7.63. The summed E-state index contributed by atoms with van der Waals surface area (Å²) in [6.07, 6.45) is 3.44. The van der Waals surface area contributed by atoms with Crippen LogP contribution in [0.3, 0.4) is 0 Å². The van der Waals surface area contributed by atoms with E-state index in [4.69, 9.17) is 0 Å². The Morgan fingerprint density at radius 2 is 1.74 bits per heavy atom. The molecule has 0 saturated carbocycles. The topological polar surface area (TPSA) is 95.6 Å². The number of benzene rings is 3. The van der Waals surface area contributed by atoms with Crippen molar-refractivity contribution < 1.29 is 18.0 Å². The number of nitrogens with zero attached hydrogens (tertiary/aromatic N) is 1. The maximum absolute atomic E-state index is 13.2. The van der Waals surface area contributed by atoms with Crippen molar-refractivity contribution in [2.75, 3.05) is 13.1 Å². The summed E-state index contributed by atoms with van der Waals surface area (Å²) < 4.78 is 27.9. The van der Waals surface area contributed by atoms with E-state index in [0.717, 1.165) is 22.8 Å². The number of hydrogen-bond acceptors (Lipinski definition) is 4. The summed E-state index contributed by atoms with van der Waals surface area (Å²) in [6.45, 7) is 4.41. The fourth-order valence-corrected chi connectivity index (χ4v) is 5.88.